The lowest BCUT2D eigenvalue weighted by Crippen LogP contribution is -2.36. The summed E-state index contributed by atoms with van der Waals surface area (Å²) in [6.45, 7) is 0. The molecule has 0 saturated carbocycles. The zero-order chi connectivity index (χ0) is 15.6. The van der Waals surface area contributed by atoms with E-state index in [1.807, 2.05) is 18.2 Å². The molecule has 118 valence electrons. The van der Waals surface area contributed by atoms with E-state index in [4.69, 9.17) is 0 Å². The fourth-order valence-electron chi connectivity index (χ4n) is 2.39. The van der Waals surface area contributed by atoms with E-state index in [0.29, 0.717) is 6.42 Å². The van der Waals surface area contributed by atoms with Gasteiger partial charge in [-0.05, 0) is 18.1 Å². The molecule has 22 heavy (non-hydrogen) atoms. The third kappa shape index (κ3) is 4.05. The van der Waals surface area contributed by atoms with Gasteiger partial charge in [0.05, 0.1) is 22.9 Å². The number of nitrogens with zero attached hydrogens (tertiary/aromatic N) is 1. The second-order valence-corrected chi connectivity index (χ2v) is 9.67. The minimum absolute atomic E-state index is 0.0620. The van der Waals surface area contributed by atoms with E-state index < -0.39 is 9.84 Å². The first-order chi connectivity index (χ1) is 10.5. The van der Waals surface area contributed by atoms with Crippen LogP contribution in [0.3, 0.4) is 0 Å². The maximum atomic E-state index is 11.9. The molecule has 1 fully saturated rings. The molecule has 1 saturated heterocycles. The van der Waals surface area contributed by atoms with Crippen molar-refractivity contribution < 1.29 is 13.2 Å². The number of fused-ring (bicyclic) bond motifs is 1. The lowest BCUT2D eigenvalue weighted by Gasteiger charge is -2.15. The molecular weight excluding hydrogens is 340 g/mol. The van der Waals surface area contributed by atoms with Crippen LogP contribution in [0.15, 0.2) is 29.3 Å². The molecule has 0 aromatic heterocycles. The molecule has 0 radical (unpaired) electrons. The number of amides is 1. The van der Waals surface area contributed by atoms with Gasteiger partial charge in [0.2, 0.25) is 5.91 Å². The summed E-state index contributed by atoms with van der Waals surface area (Å²) < 4.78 is 23.6. The molecule has 1 aromatic carbocycles. The van der Waals surface area contributed by atoms with Gasteiger partial charge in [0.1, 0.15) is 4.38 Å². The Balaban J connectivity index is 1.51. The van der Waals surface area contributed by atoms with Crippen molar-refractivity contribution in [2.24, 2.45) is 4.99 Å². The van der Waals surface area contributed by atoms with Gasteiger partial charge in [-0.1, -0.05) is 41.7 Å². The number of nitrogens with one attached hydrogen (secondary N) is 1. The SMILES string of the molecule is O=C(CSC1=Nc2ccccc2CS1)N[C@H]1CCS(=O)(=O)C1. The number of rotatable bonds is 3. The van der Waals surface area contributed by atoms with Crippen LogP contribution in [0.1, 0.15) is 12.0 Å². The van der Waals surface area contributed by atoms with Crippen molar-refractivity contribution in [3.8, 4) is 0 Å². The van der Waals surface area contributed by atoms with E-state index in [-0.39, 0.29) is 29.2 Å². The third-order valence-electron chi connectivity index (χ3n) is 3.48. The average Bonchev–Trinajstić information content (AvgIpc) is 2.84. The van der Waals surface area contributed by atoms with E-state index in [1.54, 1.807) is 11.8 Å². The number of carbonyl (C=O) groups excluding carboxylic acids is 1. The first-order valence-electron chi connectivity index (χ1n) is 6.94. The first-order valence-corrected chi connectivity index (χ1v) is 10.7. The Morgan fingerprint density at radius 3 is 3.00 bits per heavy atom. The van der Waals surface area contributed by atoms with Gasteiger partial charge < -0.3 is 5.32 Å². The predicted octanol–water partition coefficient (Wildman–Crippen LogP) is 1.96. The minimum Gasteiger partial charge on any atom is -0.352 e. The summed E-state index contributed by atoms with van der Waals surface area (Å²) in [4.78, 5) is 16.4. The molecular formula is C14H16N2O3S3. The van der Waals surface area contributed by atoms with Crippen LogP contribution in [0.2, 0.25) is 0 Å². The Morgan fingerprint density at radius 1 is 1.41 bits per heavy atom. The number of para-hydroxylation sites is 1. The van der Waals surface area contributed by atoms with Crippen LogP contribution >= 0.6 is 23.5 Å². The van der Waals surface area contributed by atoms with Gasteiger partial charge in [-0.3, -0.25) is 4.79 Å². The van der Waals surface area contributed by atoms with Crippen molar-refractivity contribution in [3.63, 3.8) is 0 Å². The van der Waals surface area contributed by atoms with Crippen LogP contribution in [0, 0.1) is 0 Å². The van der Waals surface area contributed by atoms with Gasteiger partial charge in [-0.15, -0.1) is 0 Å². The predicted molar refractivity (Wildman–Crippen MR) is 92.5 cm³/mol. The highest BCUT2D eigenvalue weighted by Crippen LogP contribution is 2.34. The summed E-state index contributed by atoms with van der Waals surface area (Å²) in [6.07, 6.45) is 0.516. The monoisotopic (exact) mass is 356 g/mol. The van der Waals surface area contributed by atoms with Crippen LogP contribution in [0.5, 0.6) is 0 Å². The van der Waals surface area contributed by atoms with Crippen molar-refractivity contribution in [1.82, 2.24) is 5.32 Å². The molecule has 3 rings (SSSR count). The van der Waals surface area contributed by atoms with Gasteiger partial charge in [0.15, 0.2) is 9.84 Å². The van der Waals surface area contributed by atoms with Gasteiger partial charge in [0.25, 0.3) is 0 Å². The zero-order valence-corrected chi connectivity index (χ0v) is 14.3. The molecule has 8 heteroatoms. The second kappa shape index (κ2) is 6.64. The highest BCUT2D eigenvalue weighted by atomic mass is 32.2. The Bertz CT molecular complexity index is 716. The Labute approximate surface area is 138 Å². The maximum Gasteiger partial charge on any atom is 0.230 e. The highest BCUT2D eigenvalue weighted by molar-refractivity contribution is 8.38. The van der Waals surface area contributed by atoms with Gasteiger partial charge in [-0.25, -0.2) is 13.4 Å². The van der Waals surface area contributed by atoms with E-state index in [2.05, 4.69) is 16.4 Å². The van der Waals surface area contributed by atoms with Crippen LogP contribution < -0.4 is 5.32 Å². The number of hydrogen-bond acceptors (Lipinski definition) is 6. The van der Waals surface area contributed by atoms with Crippen molar-refractivity contribution in [3.05, 3.63) is 29.8 Å². The quantitative estimate of drug-likeness (QED) is 0.896. The summed E-state index contributed by atoms with van der Waals surface area (Å²) in [6, 6.07) is 7.74. The molecule has 0 spiro atoms. The fraction of sp³-hybridized carbons (Fsp3) is 0.429. The van der Waals surface area contributed by atoms with E-state index in [9.17, 15) is 13.2 Å². The van der Waals surface area contributed by atoms with Crippen molar-refractivity contribution in [2.45, 2.75) is 18.2 Å². The smallest absolute Gasteiger partial charge is 0.230 e. The summed E-state index contributed by atoms with van der Waals surface area (Å²) in [7, 11) is -2.96. The van der Waals surface area contributed by atoms with Crippen LogP contribution in [-0.4, -0.2) is 42.0 Å². The van der Waals surface area contributed by atoms with E-state index in [0.717, 1.165) is 15.8 Å². The van der Waals surface area contributed by atoms with E-state index >= 15 is 0 Å². The molecule has 1 aromatic rings. The molecule has 2 aliphatic rings. The van der Waals surface area contributed by atoms with Crippen LogP contribution in [-0.2, 0) is 20.4 Å². The molecule has 1 amide bonds. The normalized spacial score (nSPS) is 22.7. The molecule has 2 aliphatic heterocycles. The topological polar surface area (TPSA) is 75.6 Å². The molecule has 1 N–H and O–H groups in total. The summed E-state index contributed by atoms with van der Waals surface area (Å²) in [5.41, 5.74) is 2.17. The Kier molecular flexibility index (Phi) is 4.79. The largest absolute Gasteiger partial charge is 0.352 e. The molecule has 0 aliphatic carbocycles. The fourth-order valence-corrected chi connectivity index (χ4v) is 5.94. The number of sulfone groups is 1. The second-order valence-electron chi connectivity index (χ2n) is 5.25. The molecule has 5 nitrogen and oxygen atoms in total. The van der Waals surface area contributed by atoms with Crippen molar-refractivity contribution >= 4 is 49.3 Å². The maximum absolute atomic E-state index is 11.9. The van der Waals surface area contributed by atoms with Crippen LogP contribution in [0.4, 0.5) is 5.69 Å². The van der Waals surface area contributed by atoms with Gasteiger partial charge >= 0.3 is 0 Å². The summed E-state index contributed by atoms with van der Waals surface area (Å²) in [5.74, 6) is 1.24. The van der Waals surface area contributed by atoms with Crippen molar-refractivity contribution in [1.29, 1.82) is 0 Å². The standard InChI is InChI=1S/C14H16N2O3S3/c17-13(15-11-5-6-22(18,19)9-11)8-21-14-16-12-4-2-1-3-10(12)7-20-14/h1-4,11H,5-9H2,(H,15,17)/t11-/m0/s1. The summed E-state index contributed by atoms with van der Waals surface area (Å²) >= 11 is 3.03. The summed E-state index contributed by atoms with van der Waals surface area (Å²) in [5, 5.41) is 2.79. The number of hydrogen-bond donors (Lipinski definition) is 1. The van der Waals surface area contributed by atoms with Gasteiger partial charge in [-0.2, -0.15) is 0 Å². The lowest BCUT2D eigenvalue weighted by molar-refractivity contribution is -0.119. The molecule has 2 heterocycles. The number of thioether (sulfide) groups is 2. The molecule has 0 unspecified atom stereocenters. The Hall–Kier alpha value is -0.990. The van der Waals surface area contributed by atoms with Gasteiger partial charge in [0, 0.05) is 11.8 Å². The highest BCUT2D eigenvalue weighted by Gasteiger charge is 2.28. The minimum atomic E-state index is -2.96. The Morgan fingerprint density at radius 2 is 2.23 bits per heavy atom. The van der Waals surface area contributed by atoms with Crippen LogP contribution in [0.25, 0.3) is 0 Å². The number of aliphatic imine (C=N–C) groups is 1. The van der Waals surface area contributed by atoms with E-state index in [1.165, 1.54) is 17.3 Å². The number of carbonyl (C=O) groups is 1. The molecule has 1 atom stereocenters. The third-order valence-corrected chi connectivity index (χ3v) is 7.49. The zero-order valence-electron chi connectivity index (χ0n) is 11.8. The lowest BCUT2D eigenvalue weighted by atomic mass is 10.2. The first kappa shape index (κ1) is 15.9. The molecule has 0 bridgehead atoms. The average molecular weight is 356 g/mol. The van der Waals surface area contributed by atoms with Crippen molar-refractivity contribution in [2.75, 3.05) is 17.3 Å². The number of benzene rings is 1.